The fourth-order valence-corrected chi connectivity index (χ4v) is 4.02. The van der Waals surface area contributed by atoms with E-state index in [-0.39, 0.29) is 5.75 Å². The van der Waals surface area contributed by atoms with Crippen molar-refractivity contribution in [1.29, 1.82) is 0 Å². The molecule has 9 nitrogen and oxygen atoms in total. The van der Waals surface area contributed by atoms with E-state index in [1.165, 1.54) is 7.11 Å². The van der Waals surface area contributed by atoms with Gasteiger partial charge in [0.05, 0.1) is 28.4 Å². The highest BCUT2D eigenvalue weighted by molar-refractivity contribution is 7.84. The van der Waals surface area contributed by atoms with Crippen LogP contribution >= 0.6 is 0 Å². The molecule has 0 spiro atoms. The van der Waals surface area contributed by atoms with Gasteiger partial charge in [-0.15, -0.1) is 0 Å². The van der Waals surface area contributed by atoms with E-state index >= 15 is 0 Å². The summed E-state index contributed by atoms with van der Waals surface area (Å²) in [7, 11) is 2.08. The van der Waals surface area contributed by atoms with Crippen molar-refractivity contribution in [2.24, 2.45) is 5.14 Å². The van der Waals surface area contributed by atoms with Gasteiger partial charge in [-0.3, -0.25) is 4.90 Å². The Balaban J connectivity index is 1.85. The largest absolute Gasteiger partial charge is 0.493 e. The summed E-state index contributed by atoms with van der Waals surface area (Å²) in [6.07, 6.45) is 0.718. The summed E-state index contributed by atoms with van der Waals surface area (Å²) < 4.78 is 49.2. The zero-order valence-corrected chi connectivity index (χ0v) is 18.2. The fourth-order valence-electron chi connectivity index (χ4n) is 3.64. The molecule has 0 aliphatic carbocycles. The summed E-state index contributed by atoms with van der Waals surface area (Å²) in [5.41, 5.74) is 2.99. The minimum Gasteiger partial charge on any atom is -0.493 e. The molecule has 1 aliphatic heterocycles. The number of hydrogen-bond donors (Lipinski definition) is 1. The van der Waals surface area contributed by atoms with Gasteiger partial charge in [0.1, 0.15) is 0 Å². The molecular weight excluding hydrogens is 412 g/mol. The van der Waals surface area contributed by atoms with E-state index in [1.54, 1.807) is 33.5 Å². The maximum absolute atomic E-state index is 11.3. The van der Waals surface area contributed by atoms with E-state index in [0.717, 1.165) is 29.7 Å². The number of benzene rings is 2. The quantitative estimate of drug-likeness (QED) is 0.665. The summed E-state index contributed by atoms with van der Waals surface area (Å²) >= 11 is 0. The molecule has 1 heterocycles. The molecule has 2 N–H and O–H groups in total. The molecule has 0 saturated heterocycles. The number of hydrogen-bond acceptors (Lipinski definition) is 8. The molecule has 10 heteroatoms. The molecule has 0 saturated carbocycles. The maximum atomic E-state index is 11.3. The molecule has 0 bridgehead atoms. The third kappa shape index (κ3) is 4.72. The second kappa shape index (κ2) is 8.99. The van der Waals surface area contributed by atoms with Gasteiger partial charge in [-0.2, -0.15) is 13.6 Å². The van der Waals surface area contributed by atoms with E-state index in [0.29, 0.717) is 36.1 Å². The first kappa shape index (κ1) is 22.0. The second-order valence-corrected chi connectivity index (χ2v) is 7.95. The van der Waals surface area contributed by atoms with Gasteiger partial charge in [-0.1, -0.05) is 6.07 Å². The van der Waals surface area contributed by atoms with Crippen LogP contribution in [0.3, 0.4) is 0 Å². The molecule has 0 atom stereocenters. The SMILES string of the molecule is COc1cc2c(cc1OS(N)(=O)=O)CCN(Cc1ccc(OC)c(OC)c1OC)C2. The summed E-state index contributed by atoms with van der Waals surface area (Å²) in [4.78, 5) is 2.26. The molecule has 0 aromatic heterocycles. The first-order chi connectivity index (χ1) is 14.3. The summed E-state index contributed by atoms with van der Waals surface area (Å²) in [5, 5.41) is 5.00. The lowest BCUT2D eigenvalue weighted by molar-refractivity contribution is 0.238. The lowest BCUT2D eigenvalue weighted by Gasteiger charge is -2.30. The average molecular weight is 439 g/mol. The van der Waals surface area contributed by atoms with Crippen molar-refractivity contribution in [3.05, 3.63) is 41.0 Å². The number of nitrogens with two attached hydrogens (primary N) is 1. The lowest BCUT2D eigenvalue weighted by Crippen LogP contribution is -2.30. The summed E-state index contributed by atoms with van der Waals surface area (Å²) in [6, 6.07) is 7.27. The minimum atomic E-state index is -4.13. The monoisotopic (exact) mass is 438 g/mol. The van der Waals surface area contributed by atoms with E-state index in [2.05, 4.69) is 4.90 Å². The van der Waals surface area contributed by atoms with Crippen LogP contribution in [0, 0.1) is 0 Å². The number of ether oxygens (including phenoxy) is 4. The van der Waals surface area contributed by atoms with Gasteiger partial charge in [0.25, 0.3) is 0 Å². The van der Waals surface area contributed by atoms with Gasteiger partial charge in [0, 0.05) is 25.2 Å². The van der Waals surface area contributed by atoms with E-state index in [9.17, 15) is 8.42 Å². The number of methoxy groups -OCH3 is 4. The zero-order chi connectivity index (χ0) is 21.9. The molecule has 3 rings (SSSR count). The van der Waals surface area contributed by atoms with E-state index in [1.807, 2.05) is 12.1 Å². The van der Waals surface area contributed by atoms with Crippen molar-refractivity contribution < 1.29 is 31.5 Å². The molecule has 1 aliphatic rings. The van der Waals surface area contributed by atoms with E-state index in [4.69, 9.17) is 28.3 Å². The van der Waals surface area contributed by atoms with Crippen LogP contribution in [0.5, 0.6) is 28.7 Å². The molecular formula is C20H26N2O7S. The van der Waals surface area contributed by atoms with Gasteiger partial charge in [0.2, 0.25) is 5.75 Å². The highest BCUT2D eigenvalue weighted by Crippen LogP contribution is 2.41. The van der Waals surface area contributed by atoms with Gasteiger partial charge in [-0.25, -0.2) is 0 Å². The normalized spacial score (nSPS) is 14.0. The van der Waals surface area contributed by atoms with Crippen molar-refractivity contribution in [1.82, 2.24) is 4.90 Å². The Morgan fingerprint density at radius 2 is 1.57 bits per heavy atom. The van der Waals surface area contributed by atoms with Gasteiger partial charge >= 0.3 is 10.3 Å². The Bertz CT molecular complexity index is 1020. The second-order valence-electron chi connectivity index (χ2n) is 6.80. The minimum absolute atomic E-state index is 0.0914. The Morgan fingerprint density at radius 1 is 0.900 bits per heavy atom. The van der Waals surface area contributed by atoms with Gasteiger partial charge in [-0.05, 0) is 35.7 Å². The van der Waals surface area contributed by atoms with Crippen LogP contribution in [0.1, 0.15) is 16.7 Å². The van der Waals surface area contributed by atoms with Crippen LogP contribution < -0.4 is 28.3 Å². The molecule has 2 aromatic carbocycles. The van der Waals surface area contributed by atoms with Crippen molar-refractivity contribution in [2.45, 2.75) is 19.5 Å². The molecule has 30 heavy (non-hydrogen) atoms. The van der Waals surface area contributed by atoms with Crippen LogP contribution in [0.4, 0.5) is 0 Å². The fraction of sp³-hybridized carbons (Fsp3) is 0.400. The third-order valence-corrected chi connectivity index (χ3v) is 5.37. The van der Waals surface area contributed by atoms with Gasteiger partial charge < -0.3 is 23.1 Å². The van der Waals surface area contributed by atoms with Crippen molar-refractivity contribution in [3.8, 4) is 28.7 Å². The van der Waals surface area contributed by atoms with Crippen LogP contribution in [0.15, 0.2) is 24.3 Å². The molecule has 0 radical (unpaired) electrons. The maximum Gasteiger partial charge on any atom is 0.380 e. The Kier molecular flexibility index (Phi) is 6.59. The molecule has 0 fully saturated rings. The van der Waals surface area contributed by atoms with Crippen molar-refractivity contribution in [3.63, 3.8) is 0 Å². The molecule has 2 aromatic rings. The van der Waals surface area contributed by atoms with Crippen molar-refractivity contribution in [2.75, 3.05) is 35.0 Å². The first-order valence-electron chi connectivity index (χ1n) is 9.21. The van der Waals surface area contributed by atoms with Crippen LogP contribution in [0.2, 0.25) is 0 Å². The van der Waals surface area contributed by atoms with Crippen molar-refractivity contribution >= 4 is 10.3 Å². The summed E-state index contributed by atoms with van der Waals surface area (Å²) in [5.74, 6) is 2.20. The van der Waals surface area contributed by atoms with Crippen LogP contribution in [0.25, 0.3) is 0 Å². The predicted molar refractivity (Wildman–Crippen MR) is 111 cm³/mol. The number of fused-ring (bicyclic) bond motifs is 1. The number of nitrogens with zero attached hydrogens (tertiary/aromatic N) is 1. The summed E-state index contributed by atoms with van der Waals surface area (Å²) in [6.45, 7) is 2.06. The standard InChI is InChI=1S/C20H26N2O7S/c1-25-16-6-5-14(19(27-3)20(16)28-4)11-22-8-7-13-9-18(29-30(21,23)24)17(26-2)10-15(13)12-22/h5-6,9-10H,7-8,11-12H2,1-4H3,(H2,21,23,24). The topological polar surface area (TPSA) is 110 Å². The lowest BCUT2D eigenvalue weighted by atomic mass is 9.98. The zero-order valence-electron chi connectivity index (χ0n) is 17.4. The smallest absolute Gasteiger partial charge is 0.380 e. The van der Waals surface area contributed by atoms with Crippen LogP contribution in [-0.4, -0.2) is 48.3 Å². The third-order valence-electron chi connectivity index (χ3n) is 4.96. The van der Waals surface area contributed by atoms with Gasteiger partial charge in [0.15, 0.2) is 23.0 Å². The molecule has 164 valence electrons. The first-order valence-corrected chi connectivity index (χ1v) is 10.7. The molecule has 0 unspecified atom stereocenters. The Hall–Kier alpha value is -2.69. The average Bonchev–Trinajstić information content (AvgIpc) is 2.71. The van der Waals surface area contributed by atoms with E-state index < -0.39 is 10.3 Å². The highest BCUT2D eigenvalue weighted by atomic mass is 32.2. The molecule has 0 amide bonds. The predicted octanol–water partition coefficient (Wildman–Crippen LogP) is 1.86. The Morgan fingerprint density at radius 3 is 2.17 bits per heavy atom. The highest BCUT2D eigenvalue weighted by Gasteiger charge is 2.23. The number of rotatable bonds is 8. The van der Waals surface area contributed by atoms with Crippen LogP contribution in [-0.2, 0) is 29.8 Å². The Labute approximate surface area is 176 Å².